The fourth-order valence-electron chi connectivity index (χ4n) is 3.14. The van der Waals surface area contributed by atoms with E-state index in [1.165, 1.54) is 0 Å². The Bertz CT molecular complexity index is 1060. The van der Waals surface area contributed by atoms with Gasteiger partial charge in [0.05, 0.1) is 32.0 Å². The first-order valence-corrected chi connectivity index (χ1v) is 10.3. The standard InChI is InChI=1S/C23H27N5O4.2ClH/c1-4-32-22(29)15-25-19(12-16-8-6-5-7-9-16)23(30)26-20-14-18(27-28(20)2)17-10-11-24-21(13-17)31-3;;/h5-11,13-14,19,25H,4,12,15H2,1-3H3,(H,26,30);2*1H. The molecule has 0 radical (unpaired) electrons. The maximum absolute atomic E-state index is 13.1. The minimum atomic E-state index is -0.638. The Balaban J connectivity index is 0.00000289. The van der Waals surface area contributed by atoms with Gasteiger partial charge in [0.2, 0.25) is 11.8 Å². The normalized spacial score (nSPS) is 10.9. The fourth-order valence-corrected chi connectivity index (χ4v) is 3.14. The number of esters is 1. The second-order valence-corrected chi connectivity index (χ2v) is 7.04. The summed E-state index contributed by atoms with van der Waals surface area (Å²) in [4.78, 5) is 29.0. The third-order valence-corrected chi connectivity index (χ3v) is 4.77. The number of nitrogens with one attached hydrogen (secondary N) is 2. The number of nitrogens with zero attached hydrogens (tertiary/aromatic N) is 3. The van der Waals surface area contributed by atoms with E-state index in [1.807, 2.05) is 36.4 Å². The number of pyridine rings is 1. The Morgan fingerprint density at radius 2 is 1.85 bits per heavy atom. The van der Waals surface area contributed by atoms with E-state index < -0.39 is 12.0 Å². The van der Waals surface area contributed by atoms with Crippen LogP contribution in [0.15, 0.2) is 54.7 Å². The predicted octanol–water partition coefficient (Wildman–Crippen LogP) is 3.04. The number of benzene rings is 1. The van der Waals surface area contributed by atoms with Crippen molar-refractivity contribution in [1.82, 2.24) is 20.1 Å². The van der Waals surface area contributed by atoms with E-state index >= 15 is 0 Å². The lowest BCUT2D eigenvalue weighted by Crippen LogP contribution is -2.44. The Morgan fingerprint density at radius 3 is 2.53 bits per heavy atom. The van der Waals surface area contributed by atoms with Crippen LogP contribution < -0.4 is 15.4 Å². The highest BCUT2D eigenvalue weighted by Crippen LogP contribution is 2.23. The quantitative estimate of drug-likeness (QED) is 0.404. The second kappa shape index (κ2) is 14.2. The molecule has 0 spiro atoms. The zero-order valence-electron chi connectivity index (χ0n) is 19.2. The number of halogens is 2. The molecule has 1 aromatic carbocycles. The first kappa shape index (κ1) is 28.9. The van der Waals surface area contributed by atoms with Crippen molar-refractivity contribution in [1.29, 1.82) is 0 Å². The first-order chi connectivity index (χ1) is 15.5. The van der Waals surface area contributed by atoms with Gasteiger partial charge in [-0.1, -0.05) is 30.3 Å². The average molecular weight is 510 g/mol. The summed E-state index contributed by atoms with van der Waals surface area (Å²) in [5.41, 5.74) is 2.45. The summed E-state index contributed by atoms with van der Waals surface area (Å²) in [5, 5.41) is 10.4. The summed E-state index contributed by atoms with van der Waals surface area (Å²) in [6.45, 7) is 1.96. The van der Waals surface area contributed by atoms with Crippen LogP contribution in [0.5, 0.6) is 5.88 Å². The van der Waals surface area contributed by atoms with E-state index in [0.29, 0.717) is 23.8 Å². The molecule has 0 aliphatic rings. The lowest BCUT2D eigenvalue weighted by atomic mass is 10.1. The first-order valence-electron chi connectivity index (χ1n) is 10.3. The van der Waals surface area contributed by atoms with E-state index in [0.717, 1.165) is 11.1 Å². The topological polar surface area (TPSA) is 107 Å². The monoisotopic (exact) mass is 509 g/mol. The summed E-state index contributed by atoms with van der Waals surface area (Å²) in [7, 11) is 3.29. The molecular weight excluding hydrogens is 481 g/mol. The van der Waals surface area contributed by atoms with Crippen LogP contribution in [0.3, 0.4) is 0 Å². The molecule has 9 nitrogen and oxygen atoms in total. The fraction of sp³-hybridized carbons (Fsp3) is 0.304. The number of ether oxygens (including phenoxy) is 2. The summed E-state index contributed by atoms with van der Waals surface area (Å²) in [6.07, 6.45) is 2.05. The number of aromatic nitrogens is 3. The summed E-state index contributed by atoms with van der Waals surface area (Å²) < 4.78 is 11.7. The molecule has 2 N–H and O–H groups in total. The smallest absolute Gasteiger partial charge is 0.319 e. The van der Waals surface area contributed by atoms with Gasteiger partial charge in [0.1, 0.15) is 5.82 Å². The molecule has 0 saturated carbocycles. The maximum atomic E-state index is 13.1. The number of hydrogen-bond acceptors (Lipinski definition) is 7. The van der Waals surface area contributed by atoms with Crippen molar-refractivity contribution in [2.24, 2.45) is 7.05 Å². The molecule has 0 bridgehead atoms. The van der Waals surface area contributed by atoms with Crippen LogP contribution >= 0.6 is 24.8 Å². The number of anilines is 1. The van der Waals surface area contributed by atoms with E-state index in [2.05, 4.69) is 20.7 Å². The predicted molar refractivity (Wildman–Crippen MR) is 135 cm³/mol. The lowest BCUT2D eigenvalue weighted by molar-refractivity contribution is -0.142. The van der Waals surface area contributed by atoms with Gasteiger partial charge in [-0.05, 0) is 25.0 Å². The van der Waals surface area contributed by atoms with Crippen LogP contribution in [0.2, 0.25) is 0 Å². The molecule has 0 aliphatic heterocycles. The van der Waals surface area contributed by atoms with Gasteiger partial charge in [-0.3, -0.25) is 19.6 Å². The van der Waals surface area contributed by atoms with Crippen LogP contribution in [0, 0.1) is 0 Å². The molecular formula is C23H29Cl2N5O4. The largest absolute Gasteiger partial charge is 0.481 e. The number of carbonyl (C=O) groups is 2. The SMILES string of the molecule is CCOC(=O)CNC(Cc1ccccc1)C(=O)Nc1cc(-c2ccnc(OC)c2)nn1C.Cl.Cl. The van der Waals surface area contributed by atoms with E-state index in [4.69, 9.17) is 9.47 Å². The maximum Gasteiger partial charge on any atom is 0.319 e. The van der Waals surface area contributed by atoms with Gasteiger partial charge in [-0.15, -0.1) is 24.8 Å². The van der Waals surface area contributed by atoms with Gasteiger partial charge >= 0.3 is 5.97 Å². The third kappa shape index (κ3) is 8.02. The van der Waals surface area contributed by atoms with E-state index in [-0.39, 0.29) is 43.9 Å². The molecule has 1 atom stereocenters. The van der Waals surface area contributed by atoms with Gasteiger partial charge in [0.25, 0.3) is 0 Å². The van der Waals surface area contributed by atoms with Crippen LogP contribution in [-0.2, 0) is 27.8 Å². The Kier molecular flexibility index (Phi) is 12.1. The van der Waals surface area contributed by atoms with Gasteiger partial charge in [0, 0.05) is 30.9 Å². The summed E-state index contributed by atoms with van der Waals surface area (Å²) in [5.74, 6) is 0.314. The Labute approximate surface area is 211 Å². The molecule has 184 valence electrons. The highest BCUT2D eigenvalue weighted by Gasteiger charge is 2.22. The molecule has 3 aromatic rings. The van der Waals surface area contributed by atoms with Crippen molar-refractivity contribution in [3.8, 4) is 17.1 Å². The molecule has 0 aliphatic carbocycles. The van der Waals surface area contributed by atoms with Crippen LogP contribution in [0.1, 0.15) is 12.5 Å². The van der Waals surface area contributed by atoms with Gasteiger partial charge < -0.3 is 14.8 Å². The van der Waals surface area contributed by atoms with Gasteiger partial charge in [-0.25, -0.2) is 4.98 Å². The number of methoxy groups -OCH3 is 1. The van der Waals surface area contributed by atoms with E-state index in [9.17, 15) is 9.59 Å². The molecule has 11 heteroatoms. The molecule has 1 unspecified atom stereocenters. The van der Waals surface area contributed by atoms with Crippen molar-refractivity contribution in [3.05, 3.63) is 60.3 Å². The molecule has 0 fully saturated rings. The third-order valence-electron chi connectivity index (χ3n) is 4.77. The zero-order valence-corrected chi connectivity index (χ0v) is 20.8. The Hall–Kier alpha value is -3.14. The number of hydrogen-bond donors (Lipinski definition) is 2. The van der Waals surface area contributed by atoms with Gasteiger partial charge in [0.15, 0.2) is 0 Å². The highest BCUT2D eigenvalue weighted by molar-refractivity contribution is 5.95. The summed E-state index contributed by atoms with van der Waals surface area (Å²) in [6, 6.07) is 14.3. The summed E-state index contributed by atoms with van der Waals surface area (Å²) >= 11 is 0. The molecule has 0 saturated heterocycles. The van der Waals surface area contributed by atoms with Crippen molar-refractivity contribution >= 4 is 42.5 Å². The molecule has 34 heavy (non-hydrogen) atoms. The van der Waals surface area contributed by atoms with Crippen LogP contribution in [-0.4, -0.2) is 52.9 Å². The lowest BCUT2D eigenvalue weighted by Gasteiger charge is -2.18. The van der Waals surface area contributed by atoms with E-state index in [1.54, 1.807) is 44.1 Å². The van der Waals surface area contributed by atoms with Crippen LogP contribution in [0.4, 0.5) is 5.82 Å². The number of aryl methyl sites for hydroxylation is 1. The van der Waals surface area contributed by atoms with Crippen molar-refractivity contribution < 1.29 is 19.1 Å². The average Bonchev–Trinajstić information content (AvgIpc) is 3.17. The van der Waals surface area contributed by atoms with Crippen molar-refractivity contribution in [2.75, 3.05) is 25.6 Å². The molecule has 2 heterocycles. The van der Waals surface area contributed by atoms with Crippen LogP contribution in [0.25, 0.3) is 11.3 Å². The Morgan fingerprint density at radius 1 is 1.12 bits per heavy atom. The number of carbonyl (C=O) groups excluding carboxylic acids is 2. The van der Waals surface area contributed by atoms with Crippen molar-refractivity contribution in [3.63, 3.8) is 0 Å². The second-order valence-electron chi connectivity index (χ2n) is 7.04. The number of amides is 1. The molecule has 1 amide bonds. The molecule has 2 aromatic heterocycles. The highest BCUT2D eigenvalue weighted by atomic mass is 35.5. The zero-order chi connectivity index (χ0) is 22.9. The van der Waals surface area contributed by atoms with Crippen molar-refractivity contribution in [2.45, 2.75) is 19.4 Å². The van der Waals surface area contributed by atoms with Gasteiger partial charge in [-0.2, -0.15) is 5.10 Å². The number of rotatable bonds is 10. The minimum Gasteiger partial charge on any atom is -0.481 e. The minimum absolute atomic E-state index is 0. The molecule has 3 rings (SSSR count).